The van der Waals surface area contributed by atoms with Crippen LogP contribution in [0.1, 0.15) is 44.9 Å². The van der Waals surface area contributed by atoms with Gasteiger partial charge in [0.15, 0.2) is 6.54 Å². The van der Waals surface area contributed by atoms with E-state index in [9.17, 15) is 0 Å². The second kappa shape index (κ2) is 5.70. The van der Waals surface area contributed by atoms with Crippen LogP contribution in [-0.4, -0.2) is 44.0 Å². The molecule has 7 nitrogen and oxygen atoms in total. The molecule has 0 aromatic carbocycles. The number of tetrazole rings is 1. The molecule has 2 aliphatic rings. The highest BCUT2D eigenvalue weighted by Crippen LogP contribution is 2.22. The Morgan fingerprint density at radius 2 is 2.20 bits per heavy atom. The van der Waals surface area contributed by atoms with E-state index in [2.05, 4.69) is 44.2 Å². The lowest BCUT2D eigenvalue weighted by Gasteiger charge is -2.24. The Balaban J connectivity index is 1.66. The minimum atomic E-state index is 0.509. The number of rotatable bonds is 5. The lowest BCUT2D eigenvalue weighted by molar-refractivity contribution is -0.896. The first-order valence-electron chi connectivity index (χ1n) is 7.44. The first-order valence-corrected chi connectivity index (χ1v) is 7.44. The second-order valence-electron chi connectivity index (χ2n) is 5.60. The molecule has 0 radical (unpaired) electrons. The van der Waals surface area contributed by atoms with E-state index in [1.165, 1.54) is 32.1 Å². The van der Waals surface area contributed by atoms with Crippen LogP contribution < -0.4 is 5.32 Å². The van der Waals surface area contributed by atoms with Crippen molar-refractivity contribution in [3.63, 3.8) is 0 Å². The topological polar surface area (TPSA) is 78.8 Å². The lowest BCUT2D eigenvalue weighted by atomic mass is 9.95. The number of H-pyrrole nitrogens is 1. The average molecular weight is 276 g/mol. The molecule has 108 valence electrons. The van der Waals surface area contributed by atoms with Crippen molar-refractivity contribution in [3.8, 4) is 0 Å². The van der Waals surface area contributed by atoms with Crippen molar-refractivity contribution in [2.24, 2.45) is 5.10 Å². The summed E-state index contributed by atoms with van der Waals surface area (Å²) < 4.78 is 0.509. The third-order valence-corrected chi connectivity index (χ3v) is 4.13. The lowest BCUT2D eigenvalue weighted by Crippen LogP contribution is -2.36. The van der Waals surface area contributed by atoms with Gasteiger partial charge in [-0.25, -0.2) is 0 Å². The second-order valence-corrected chi connectivity index (χ2v) is 5.60. The predicted molar refractivity (Wildman–Crippen MR) is 75.3 cm³/mol. The molecule has 2 heterocycles. The molecule has 1 unspecified atom stereocenters. The highest BCUT2D eigenvalue weighted by Gasteiger charge is 2.31. The molecule has 3 rings (SSSR count). The molecule has 0 spiro atoms. The fraction of sp³-hybridized carbons (Fsp3) is 0.692. The highest BCUT2D eigenvalue weighted by molar-refractivity contribution is 5.78. The van der Waals surface area contributed by atoms with Gasteiger partial charge in [-0.15, -0.1) is 10.2 Å². The molecule has 7 heteroatoms. The van der Waals surface area contributed by atoms with Crippen LogP contribution in [0.25, 0.3) is 0 Å². The van der Waals surface area contributed by atoms with E-state index in [0.717, 1.165) is 12.2 Å². The summed E-state index contributed by atoms with van der Waals surface area (Å²) in [6.07, 6.45) is 10.7. The number of quaternary nitrogens is 1. The molecule has 0 amide bonds. The van der Waals surface area contributed by atoms with E-state index in [4.69, 9.17) is 0 Å². The van der Waals surface area contributed by atoms with Crippen molar-refractivity contribution in [3.05, 3.63) is 17.7 Å². The van der Waals surface area contributed by atoms with Gasteiger partial charge in [-0.05, 0) is 25.0 Å². The molecule has 1 fully saturated rings. The fourth-order valence-electron chi connectivity index (χ4n) is 2.93. The Kier molecular flexibility index (Phi) is 3.77. The van der Waals surface area contributed by atoms with Crippen LogP contribution in [0.5, 0.6) is 0 Å². The third kappa shape index (κ3) is 2.87. The van der Waals surface area contributed by atoms with Gasteiger partial charge in [-0.2, -0.15) is 9.81 Å². The molecular weight excluding hydrogens is 254 g/mol. The van der Waals surface area contributed by atoms with Crippen molar-refractivity contribution in [2.45, 2.75) is 51.6 Å². The summed E-state index contributed by atoms with van der Waals surface area (Å²) in [7, 11) is 0. The van der Waals surface area contributed by atoms with Crippen molar-refractivity contribution in [1.82, 2.24) is 25.9 Å². The number of aromatic amines is 1. The van der Waals surface area contributed by atoms with Gasteiger partial charge >= 0.3 is 0 Å². The monoisotopic (exact) mass is 276 g/mol. The molecule has 0 saturated heterocycles. The van der Waals surface area contributed by atoms with Crippen LogP contribution in [0.3, 0.4) is 0 Å². The smallest absolute Gasteiger partial charge is 0.231 e. The van der Waals surface area contributed by atoms with Crippen molar-refractivity contribution in [2.75, 3.05) is 6.54 Å². The van der Waals surface area contributed by atoms with Crippen LogP contribution >= 0.6 is 0 Å². The summed E-state index contributed by atoms with van der Waals surface area (Å²) >= 11 is 0. The highest BCUT2D eigenvalue weighted by atomic mass is 15.6. The van der Waals surface area contributed by atoms with Crippen LogP contribution in [0.2, 0.25) is 0 Å². The maximum Gasteiger partial charge on any atom is 0.231 e. The summed E-state index contributed by atoms with van der Waals surface area (Å²) in [5.41, 5.74) is 1.13. The summed E-state index contributed by atoms with van der Waals surface area (Å²) in [6.45, 7) is 3.64. The largest absolute Gasteiger partial charge is 0.377 e. The van der Waals surface area contributed by atoms with Gasteiger partial charge in [0.1, 0.15) is 24.7 Å². The molecular formula is C13H22N7+. The number of nitrogens with one attached hydrogen (secondary N) is 2. The van der Waals surface area contributed by atoms with E-state index in [0.29, 0.717) is 23.0 Å². The maximum absolute atomic E-state index is 4.64. The zero-order valence-corrected chi connectivity index (χ0v) is 11.9. The summed E-state index contributed by atoms with van der Waals surface area (Å²) in [5, 5.41) is 22.4. The van der Waals surface area contributed by atoms with E-state index in [1.807, 2.05) is 6.21 Å². The zero-order valence-electron chi connectivity index (χ0n) is 11.9. The molecule has 1 aliphatic heterocycles. The van der Waals surface area contributed by atoms with E-state index < -0.39 is 0 Å². The van der Waals surface area contributed by atoms with Gasteiger partial charge in [0.25, 0.3) is 0 Å². The van der Waals surface area contributed by atoms with Gasteiger partial charge in [-0.3, -0.25) is 0 Å². The first kappa shape index (κ1) is 13.2. The standard InChI is InChI=1S/C13H22N7/c1-2-20(10-13-16-18-19-17-13)9-12(8-14-20)15-11-6-4-3-5-7-11/h8-9,11,15H,2-7,10H2,1H3,(H,16,17,18,19)/q+1. The maximum atomic E-state index is 4.64. The van der Waals surface area contributed by atoms with Gasteiger partial charge in [0, 0.05) is 6.04 Å². The molecule has 1 atom stereocenters. The molecule has 20 heavy (non-hydrogen) atoms. The molecule has 1 aromatic rings. The zero-order chi connectivity index (χ0) is 13.8. The number of hydrogen-bond acceptors (Lipinski definition) is 5. The van der Waals surface area contributed by atoms with Crippen LogP contribution in [0.15, 0.2) is 17.0 Å². The van der Waals surface area contributed by atoms with Crippen LogP contribution in [0.4, 0.5) is 0 Å². The fourth-order valence-corrected chi connectivity index (χ4v) is 2.93. The SMILES string of the molecule is CC[N+]1(Cc2nn[nH]n2)C=C(NC2CCCCC2)C=N1. The van der Waals surface area contributed by atoms with Crippen molar-refractivity contribution >= 4 is 6.21 Å². The minimum Gasteiger partial charge on any atom is -0.377 e. The number of hydrogen-bond donors (Lipinski definition) is 2. The predicted octanol–water partition coefficient (Wildman–Crippen LogP) is 1.30. The Labute approximate surface area is 118 Å². The first-order chi connectivity index (χ1) is 9.80. The molecule has 2 N–H and O–H groups in total. The summed E-state index contributed by atoms with van der Waals surface area (Å²) in [4.78, 5) is 0. The number of aromatic nitrogens is 4. The Morgan fingerprint density at radius 1 is 1.35 bits per heavy atom. The number of nitrogens with zero attached hydrogens (tertiary/aromatic N) is 5. The van der Waals surface area contributed by atoms with E-state index >= 15 is 0 Å². The Morgan fingerprint density at radius 3 is 2.90 bits per heavy atom. The van der Waals surface area contributed by atoms with Crippen LogP contribution in [-0.2, 0) is 6.54 Å². The number of allylic oxidation sites excluding steroid dienone is 1. The van der Waals surface area contributed by atoms with E-state index in [1.54, 1.807) is 0 Å². The van der Waals surface area contributed by atoms with Gasteiger partial charge in [0.05, 0.1) is 0 Å². The minimum absolute atomic E-state index is 0.509. The van der Waals surface area contributed by atoms with Crippen LogP contribution in [0, 0.1) is 0 Å². The quantitative estimate of drug-likeness (QED) is 0.795. The van der Waals surface area contributed by atoms with Gasteiger partial charge in [0.2, 0.25) is 5.82 Å². The Hall–Kier alpha value is -1.76. The Bertz CT molecular complexity index is 487. The molecule has 1 saturated carbocycles. The van der Waals surface area contributed by atoms with Gasteiger partial charge < -0.3 is 5.32 Å². The normalized spacial score (nSPS) is 26.8. The molecule has 1 aromatic heterocycles. The van der Waals surface area contributed by atoms with Crippen molar-refractivity contribution in [1.29, 1.82) is 0 Å². The molecule has 1 aliphatic carbocycles. The summed E-state index contributed by atoms with van der Waals surface area (Å²) in [6, 6.07) is 0.600. The summed E-state index contributed by atoms with van der Waals surface area (Å²) in [5.74, 6) is 0.694. The van der Waals surface area contributed by atoms with Crippen molar-refractivity contribution < 1.29 is 4.59 Å². The molecule has 0 bridgehead atoms. The third-order valence-electron chi connectivity index (χ3n) is 4.13. The van der Waals surface area contributed by atoms with Gasteiger partial charge in [-0.1, -0.05) is 24.4 Å². The average Bonchev–Trinajstić information content (AvgIpc) is 3.11. The van der Waals surface area contributed by atoms with E-state index in [-0.39, 0.29) is 0 Å².